The molecule has 18 heavy (non-hydrogen) atoms. The van der Waals surface area contributed by atoms with Gasteiger partial charge in [-0.2, -0.15) is 5.26 Å². The van der Waals surface area contributed by atoms with E-state index in [4.69, 9.17) is 10.4 Å². The Morgan fingerprint density at radius 1 is 1.44 bits per heavy atom. The summed E-state index contributed by atoms with van der Waals surface area (Å²) in [5.74, 6) is -0.897. The lowest BCUT2D eigenvalue weighted by atomic mass is 9.96. The van der Waals surface area contributed by atoms with Crippen molar-refractivity contribution in [3.63, 3.8) is 0 Å². The number of benzene rings is 1. The van der Waals surface area contributed by atoms with Crippen molar-refractivity contribution in [1.82, 2.24) is 0 Å². The van der Waals surface area contributed by atoms with Crippen LogP contribution in [-0.4, -0.2) is 24.2 Å². The molecule has 0 atom stereocenters. The molecule has 94 valence electrons. The minimum Gasteiger partial charge on any atom is -0.481 e. The number of hydrogen-bond donors (Lipinski definition) is 1. The second-order valence-corrected chi connectivity index (χ2v) is 4.71. The number of aryl methyl sites for hydroxylation is 1. The molecule has 0 radical (unpaired) electrons. The first-order valence-electron chi connectivity index (χ1n) is 6.10. The summed E-state index contributed by atoms with van der Waals surface area (Å²) in [5.41, 5.74) is 2.74. The highest BCUT2D eigenvalue weighted by molar-refractivity contribution is 5.70. The molecule has 1 aromatic rings. The molecule has 4 heteroatoms. The predicted molar refractivity (Wildman–Crippen MR) is 68.5 cm³/mol. The number of carboxylic acid groups (broad SMARTS) is 1. The minimum absolute atomic E-state index is 0.208. The quantitative estimate of drug-likeness (QED) is 0.866. The lowest BCUT2D eigenvalue weighted by Gasteiger charge is -2.32. The first-order chi connectivity index (χ1) is 8.61. The SMILES string of the molecule is Cc1cc(N2CCC(C(=O)O)CC2)ccc1C#N. The van der Waals surface area contributed by atoms with E-state index in [-0.39, 0.29) is 5.92 Å². The van der Waals surface area contributed by atoms with Crippen molar-refractivity contribution in [1.29, 1.82) is 5.26 Å². The normalized spacial score (nSPS) is 16.3. The van der Waals surface area contributed by atoms with Crippen LogP contribution >= 0.6 is 0 Å². The molecule has 2 rings (SSSR count). The number of piperidine rings is 1. The Bertz CT molecular complexity index is 497. The van der Waals surface area contributed by atoms with Crippen LogP contribution in [0.2, 0.25) is 0 Å². The highest BCUT2D eigenvalue weighted by Gasteiger charge is 2.24. The van der Waals surface area contributed by atoms with Crippen molar-refractivity contribution in [3.05, 3.63) is 29.3 Å². The number of carboxylic acids is 1. The number of anilines is 1. The number of nitriles is 1. The lowest BCUT2D eigenvalue weighted by Crippen LogP contribution is -2.36. The Kier molecular flexibility index (Phi) is 3.52. The molecule has 1 saturated heterocycles. The molecule has 1 aromatic carbocycles. The van der Waals surface area contributed by atoms with E-state index in [9.17, 15) is 4.79 Å². The lowest BCUT2D eigenvalue weighted by molar-refractivity contribution is -0.142. The molecule has 1 fully saturated rings. The molecule has 1 aliphatic heterocycles. The van der Waals surface area contributed by atoms with E-state index in [1.54, 1.807) is 0 Å². The molecular formula is C14H16N2O2. The third-order valence-corrected chi connectivity index (χ3v) is 3.54. The Morgan fingerprint density at radius 2 is 2.11 bits per heavy atom. The number of rotatable bonds is 2. The minimum atomic E-state index is -0.689. The molecule has 1 aliphatic rings. The Balaban J connectivity index is 2.08. The molecule has 4 nitrogen and oxygen atoms in total. The van der Waals surface area contributed by atoms with Gasteiger partial charge in [-0.3, -0.25) is 4.79 Å². The number of nitrogens with zero attached hydrogens (tertiary/aromatic N) is 2. The fourth-order valence-corrected chi connectivity index (χ4v) is 2.35. The summed E-state index contributed by atoms with van der Waals surface area (Å²) in [6.45, 7) is 3.46. The van der Waals surface area contributed by atoms with Gasteiger partial charge in [-0.1, -0.05) is 0 Å². The van der Waals surface area contributed by atoms with Gasteiger partial charge in [0.2, 0.25) is 0 Å². The summed E-state index contributed by atoms with van der Waals surface area (Å²) in [7, 11) is 0. The van der Waals surface area contributed by atoms with Crippen LogP contribution < -0.4 is 4.90 Å². The van der Waals surface area contributed by atoms with Crippen LogP contribution in [0.15, 0.2) is 18.2 Å². The van der Waals surface area contributed by atoms with Crippen LogP contribution in [-0.2, 0) is 4.79 Å². The second kappa shape index (κ2) is 5.09. The molecule has 0 aromatic heterocycles. The van der Waals surface area contributed by atoms with Crippen molar-refractivity contribution in [2.45, 2.75) is 19.8 Å². The average Bonchev–Trinajstić information content (AvgIpc) is 2.38. The van der Waals surface area contributed by atoms with Crippen LogP contribution in [0.1, 0.15) is 24.0 Å². The summed E-state index contributed by atoms with van der Waals surface area (Å²) in [5, 5.41) is 17.8. The molecule has 1 N–H and O–H groups in total. The molecule has 0 unspecified atom stereocenters. The molecule has 0 amide bonds. The van der Waals surface area contributed by atoms with E-state index in [1.165, 1.54) is 0 Å². The van der Waals surface area contributed by atoms with E-state index in [0.29, 0.717) is 18.4 Å². The fourth-order valence-electron chi connectivity index (χ4n) is 2.35. The van der Waals surface area contributed by atoms with E-state index in [1.807, 2.05) is 25.1 Å². The summed E-state index contributed by atoms with van der Waals surface area (Å²) < 4.78 is 0. The standard InChI is InChI=1S/C14H16N2O2/c1-10-8-13(3-2-12(10)9-15)16-6-4-11(5-7-16)14(17)18/h2-3,8,11H,4-7H2,1H3,(H,17,18). The summed E-state index contributed by atoms with van der Waals surface area (Å²) in [6, 6.07) is 7.92. The van der Waals surface area contributed by atoms with Crippen LogP contribution in [0.3, 0.4) is 0 Å². The Labute approximate surface area is 106 Å². The monoisotopic (exact) mass is 244 g/mol. The zero-order valence-electron chi connectivity index (χ0n) is 10.4. The van der Waals surface area contributed by atoms with E-state index >= 15 is 0 Å². The van der Waals surface area contributed by atoms with Crippen LogP contribution in [0, 0.1) is 24.2 Å². The van der Waals surface area contributed by atoms with Gasteiger partial charge in [0.05, 0.1) is 17.6 Å². The van der Waals surface area contributed by atoms with Crippen molar-refractivity contribution in [2.24, 2.45) is 5.92 Å². The number of aliphatic carboxylic acids is 1. The first kappa shape index (κ1) is 12.4. The first-order valence-corrected chi connectivity index (χ1v) is 6.10. The van der Waals surface area contributed by atoms with Crippen molar-refractivity contribution in [3.8, 4) is 6.07 Å². The van der Waals surface area contributed by atoms with Crippen LogP contribution in [0.4, 0.5) is 5.69 Å². The van der Waals surface area contributed by atoms with Gasteiger partial charge in [0.1, 0.15) is 0 Å². The number of hydrogen-bond acceptors (Lipinski definition) is 3. The zero-order chi connectivity index (χ0) is 13.1. The summed E-state index contributed by atoms with van der Waals surface area (Å²) in [6.07, 6.45) is 1.38. The molecule has 0 spiro atoms. The Hall–Kier alpha value is -2.02. The van der Waals surface area contributed by atoms with E-state index < -0.39 is 5.97 Å². The zero-order valence-corrected chi connectivity index (χ0v) is 10.4. The summed E-state index contributed by atoms with van der Waals surface area (Å²) >= 11 is 0. The number of carbonyl (C=O) groups is 1. The Morgan fingerprint density at radius 3 is 2.61 bits per heavy atom. The predicted octanol–water partition coefficient (Wildman–Crippen LogP) is 2.17. The van der Waals surface area contributed by atoms with Gasteiger partial charge in [0, 0.05) is 18.8 Å². The van der Waals surface area contributed by atoms with Gasteiger partial charge in [0.15, 0.2) is 0 Å². The third kappa shape index (κ3) is 2.45. The third-order valence-electron chi connectivity index (χ3n) is 3.54. The van der Waals surface area contributed by atoms with Gasteiger partial charge in [-0.15, -0.1) is 0 Å². The van der Waals surface area contributed by atoms with E-state index in [2.05, 4.69) is 11.0 Å². The fraction of sp³-hybridized carbons (Fsp3) is 0.429. The highest BCUT2D eigenvalue weighted by Crippen LogP contribution is 2.25. The maximum absolute atomic E-state index is 10.9. The highest BCUT2D eigenvalue weighted by atomic mass is 16.4. The van der Waals surface area contributed by atoms with Gasteiger partial charge >= 0.3 is 5.97 Å². The maximum Gasteiger partial charge on any atom is 0.306 e. The van der Waals surface area contributed by atoms with E-state index in [0.717, 1.165) is 24.3 Å². The van der Waals surface area contributed by atoms with Gasteiger partial charge in [-0.25, -0.2) is 0 Å². The molecule has 0 bridgehead atoms. The largest absolute Gasteiger partial charge is 0.481 e. The van der Waals surface area contributed by atoms with Crippen LogP contribution in [0.5, 0.6) is 0 Å². The maximum atomic E-state index is 10.9. The topological polar surface area (TPSA) is 64.3 Å². The van der Waals surface area contributed by atoms with Crippen molar-refractivity contribution >= 4 is 11.7 Å². The molecular weight excluding hydrogens is 228 g/mol. The second-order valence-electron chi connectivity index (χ2n) is 4.71. The van der Waals surface area contributed by atoms with Gasteiger partial charge in [0.25, 0.3) is 0 Å². The van der Waals surface area contributed by atoms with Gasteiger partial charge in [-0.05, 0) is 43.5 Å². The molecule has 0 saturated carbocycles. The molecule has 1 heterocycles. The van der Waals surface area contributed by atoms with Crippen molar-refractivity contribution in [2.75, 3.05) is 18.0 Å². The smallest absolute Gasteiger partial charge is 0.306 e. The summed E-state index contributed by atoms with van der Waals surface area (Å²) in [4.78, 5) is 13.1. The molecule has 0 aliphatic carbocycles. The van der Waals surface area contributed by atoms with Crippen LogP contribution in [0.25, 0.3) is 0 Å². The van der Waals surface area contributed by atoms with Crippen molar-refractivity contribution < 1.29 is 9.90 Å². The van der Waals surface area contributed by atoms with Gasteiger partial charge < -0.3 is 10.0 Å². The average molecular weight is 244 g/mol.